The summed E-state index contributed by atoms with van der Waals surface area (Å²) in [4.78, 5) is 29.4. The molecule has 1 atom stereocenters. The van der Waals surface area contributed by atoms with E-state index in [2.05, 4.69) is 20.8 Å². The predicted octanol–water partition coefficient (Wildman–Crippen LogP) is 2.84. The molecule has 2 amide bonds. The van der Waals surface area contributed by atoms with Gasteiger partial charge in [-0.2, -0.15) is 0 Å². The molecule has 0 bridgehead atoms. The first kappa shape index (κ1) is 18.6. The fraction of sp³-hybridized carbons (Fsp3) is 0.300. The van der Waals surface area contributed by atoms with Crippen LogP contribution in [0.1, 0.15) is 36.3 Å². The normalized spacial score (nSPS) is 12.0. The molecule has 0 fully saturated rings. The number of nitrogens with zero attached hydrogens (tertiary/aromatic N) is 2. The van der Waals surface area contributed by atoms with Crippen LogP contribution in [0.15, 0.2) is 40.9 Å². The average molecular weight is 366 g/mol. The fourth-order valence-electron chi connectivity index (χ4n) is 2.77. The zero-order valence-electron chi connectivity index (χ0n) is 15.6. The van der Waals surface area contributed by atoms with Gasteiger partial charge in [-0.15, -0.1) is 0 Å². The number of amides is 2. The van der Waals surface area contributed by atoms with E-state index < -0.39 is 6.04 Å². The van der Waals surface area contributed by atoms with Crippen LogP contribution in [0.2, 0.25) is 0 Å². The summed E-state index contributed by atoms with van der Waals surface area (Å²) in [6.45, 7) is 5.95. The van der Waals surface area contributed by atoms with E-state index in [0.29, 0.717) is 34.6 Å². The highest BCUT2D eigenvalue weighted by molar-refractivity contribution is 6.08. The molecule has 27 heavy (non-hydrogen) atoms. The van der Waals surface area contributed by atoms with E-state index in [1.54, 1.807) is 19.9 Å². The van der Waals surface area contributed by atoms with Crippen molar-refractivity contribution in [3.05, 3.63) is 47.7 Å². The molecule has 0 spiro atoms. The van der Waals surface area contributed by atoms with Gasteiger partial charge in [0.2, 0.25) is 5.91 Å². The largest absolute Gasteiger partial charge is 0.354 e. The second kappa shape index (κ2) is 7.99. The van der Waals surface area contributed by atoms with Gasteiger partial charge in [0.15, 0.2) is 0 Å². The number of carbonyl (C=O) groups excluding carboxylic acids is 2. The predicted molar refractivity (Wildman–Crippen MR) is 102 cm³/mol. The molecule has 0 saturated heterocycles. The van der Waals surface area contributed by atoms with Crippen LogP contribution in [0.4, 0.5) is 0 Å². The minimum Gasteiger partial charge on any atom is -0.354 e. The molecule has 2 heterocycles. The topological polar surface area (TPSA) is 97.1 Å². The number of aromatic nitrogens is 2. The van der Waals surface area contributed by atoms with Crippen molar-refractivity contribution in [2.75, 3.05) is 6.54 Å². The van der Waals surface area contributed by atoms with Crippen molar-refractivity contribution in [3.8, 4) is 11.3 Å². The smallest absolute Gasteiger partial charge is 0.259 e. The van der Waals surface area contributed by atoms with E-state index in [0.717, 1.165) is 12.0 Å². The fourth-order valence-corrected chi connectivity index (χ4v) is 2.77. The molecule has 0 unspecified atom stereocenters. The number of hydrogen-bond donors (Lipinski definition) is 2. The first-order valence-electron chi connectivity index (χ1n) is 8.92. The zero-order valence-corrected chi connectivity index (χ0v) is 15.6. The Morgan fingerprint density at radius 3 is 2.67 bits per heavy atom. The van der Waals surface area contributed by atoms with Crippen LogP contribution in [-0.4, -0.2) is 34.5 Å². The highest BCUT2D eigenvalue weighted by Crippen LogP contribution is 2.27. The zero-order chi connectivity index (χ0) is 19.4. The van der Waals surface area contributed by atoms with Crippen molar-refractivity contribution < 1.29 is 14.1 Å². The van der Waals surface area contributed by atoms with Gasteiger partial charge >= 0.3 is 0 Å². The maximum Gasteiger partial charge on any atom is 0.259 e. The quantitative estimate of drug-likeness (QED) is 0.699. The van der Waals surface area contributed by atoms with Gasteiger partial charge in [-0.25, -0.2) is 4.98 Å². The van der Waals surface area contributed by atoms with E-state index in [9.17, 15) is 9.59 Å². The Morgan fingerprint density at radius 1 is 1.22 bits per heavy atom. The minimum absolute atomic E-state index is 0.221. The molecule has 2 N–H and O–H groups in total. The SMILES string of the molecule is CCCNC(=O)[C@@H](C)NC(=O)c1cc(-c2ccccc2)nc2onc(C)c12. The molecule has 1 aromatic carbocycles. The van der Waals surface area contributed by atoms with Crippen molar-refractivity contribution in [1.29, 1.82) is 0 Å². The Labute approximate surface area is 157 Å². The van der Waals surface area contributed by atoms with Crippen LogP contribution < -0.4 is 10.6 Å². The highest BCUT2D eigenvalue weighted by Gasteiger charge is 2.22. The van der Waals surface area contributed by atoms with Crippen molar-refractivity contribution in [2.45, 2.75) is 33.2 Å². The van der Waals surface area contributed by atoms with Gasteiger partial charge in [0.05, 0.1) is 22.3 Å². The molecule has 3 rings (SSSR count). The minimum atomic E-state index is -0.660. The summed E-state index contributed by atoms with van der Waals surface area (Å²) < 4.78 is 5.29. The Balaban J connectivity index is 1.96. The van der Waals surface area contributed by atoms with Crippen molar-refractivity contribution in [3.63, 3.8) is 0 Å². The van der Waals surface area contributed by atoms with Crippen molar-refractivity contribution in [2.24, 2.45) is 0 Å². The molecule has 0 aliphatic heterocycles. The van der Waals surface area contributed by atoms with Crippen LogP contribution in [0, 0.1) is 6.92 Å². The lowest BCUT2D eigenvalue weighted by atomic mass is 10.0. The molecule has 7 nitrogen and oxygen atoms in total. The molecular formula is C20H22N4O3. The number of fused-ring (bicyclic) bond motifs is 1. The summed E-state index contributed by atoms with van der Waals surface area (Å²) >= 11 is 0. The monoisotopic (exact) mass is 366 g/mol. The third-order valence-corrected chi connectivity index (χ3v) is 4.22. The highest BCUT2D eigenvalue weighted by atomic mass is 16.5. The average Bonchev–Trinajstić information content (AvgIpc) is 3.06. The standard InChI is InChI=1S/C20H22N4O3/c1-4-10-21-18(25)13(3)22-19(26)15-11-16(14-8-6-5-7-9-14)23-20-17(15)12(2)24-27-20/h5-9,11,13H,4,10H2,1-3H3,(H,21,25)(H,22,26)/t13-/m1/s1. The number of hydrogen-bond acceptors (Lipinski definition) is 5. The van der Waals surface area contributed by atoms with E-state index in [4.69, 9.17) is 4.52 Å². The van der Waals surface area contributed by atoms with Gasteiger partial charge in [0.1, 0.15) is 6.04 Å². The number of rotatable bonds is 6. The molecule has 0 aliphatic rings. The summed E-state index contributed by atoms with van der Waals surface area (Å²) in [6, 6.07) is 10.5. The first-order valence-corrected chi connectivity index (χ1v) is 8.92. The van der Waals surface area contributed by atoms with Gasteiger partial charge in [-0.1, -0.05) is 42.4 Å². The second-order valence-electron chi connectivity index (χ2n) is 6.36. The van der Waals surface area contributed by atoms with Gasteiger partial charge < -0.3 is 15.2 Å². The molecule has 0 saturated carbocycles. The maximum atomic E-state index is 12.9. The maximum absolute atomic E-state index is 12.9. The molecule has 0 aliphatic carbocycles. The lowest BCUT2D eigenvalue weighted by Crippen LogP contribution is -2.45. The third kappa shape index (κ3) is 3.97. The van der Waals surface area contributed by atoms with Crippen LogP contribution in [-0.2, 0) is 4.79 Å². The van der Waals surface area contributed by atoms with E-state index in [1.165, 1.54) is 0 Å². The molecule has 140 valence electrons. The first-order chi connectivity index (χ1) is 13.0. The second-order valence-corrected chi connectivity index (χ2v) is 6.36. The Kier molecular flexibility index (Phi) is 5.49. The summed E-state index contributed by atoms with van der Waals surface area (Å²) in [5, 5.41) is 10.00. The van der Waals surface area contributed by atoms with E-state index >= 15 is 0 Å². The van der Waals surface area contributed by atoms with Crippen LogP contribution in [0.25, 0.3) is 22.4 Å². The van der Waals surface area contributed by atoms with Gasteiger partial charge in [-0.3, -0.25) is 9.59 Å². The molecule has 3 aromatic rings. The van der Waals surface area contributed by atoms with Crippen molar-refractivity contribution in [1.82, 2.24) is 20.8 Å². The summed E-state index contributed by atoms with van der Waals surface area (Å²) in [5.41, 5.74) is 2.71. The van der Waals surface area contributed by atoms with Gasteiger partial charge in [-0.05, 0) is 26.3 Å². The molecule has 0 radical (unpaired) electrons. The molecular weight excluding hydrogens is 344 g/mol. The summed E-state index contributed by atoms with van der Waals surface area (Å²) in [7, 11) is 0. The molecule has 2 aromatic heterocycles. The van der Waals surface area contributed by atoms with Crippen molar-refractivity contribution >= 4 is 22.9 Å². The van der Waals surface area contributed by atoms with E-state index in [-0.39, 0.29) is 11.8 Å². The third-order valence-electron chi connectivity index (χ3n) is 4.22. The summed E-state index contributed by atoms with van der Waals surface area (Å²) in [6.07, 6.45) is 0.831. The van der Waals surface area contributed by atoms with Crippen LogP contribution in [0.3, 0.4) is 0 Å². The van der Waals surface area contributed by atoms with Gasteiger partial charge in [0.25, 0.3) is 11.6 Å². The number of nitrogens with one attached hydrogen (secondary N) is 2. The van der Waals surface area contributed by atoms with Gasteiger partial charge in [0, 0.05) is 12.1 Å². The lowest BCUT2D eigenvalue weighted by molar-refractivity contribution is -0.122. The molecule has 7 heteroatoms. The number of benzene rings is 1. The lowest BCUT2D eigenvalue weighted by Gasteiger charge is -2.14. The van der Waals surface area contributed by atoms with Crippen LogP contribution in [0.5, 0.6) is 0 Å². The van der Waals surface area contributed by atoms with Crippen LogP contribution >= 0.6 is 0 Å². The summed E-state index contributed by atoms with van der Waals surface area (Å²) in [5.74, 6) is -0.592. The number of aryl methyl sites for hydroxylation is 1. The number of carbonyl (C=O) groups is 2. The Hall–Kier alpha value is -3.22. The Morgan fingerprint density at radius 2 is 1.96 bits per heavy atom. The Bertz CT molecular complexity index is 966. The number of pyridine rings is 1. The van der Waals surface area contributed by atoms with E-state index in [1.807, 2.05) is 37.3 Å².